The van der Waals surface area contributed by atoms with Gasteiger partial charge in [0.1, 0.15) is 5.75 Å². The normalized spacial score (nSPS) is 10.6. The Hall–Kier alpha value is -1.77. The number of carbonyl (C=O) groups is 1. The van der Waals surface area contributed by atoms with Crippen molar-refractivity contribution in [2.75, 3.05) is 7.11 Å². The molecular weight excluding hydrogens is 192 g/mol. The van der Waals surface area contributed by atoms with Crippen molar-refractivity contribution in [1.82, 2.24) is 0 Å². The fraction of sp³-hybridized carbons (Fsp3) is 0.250. The van der Waals surface area contributed by atoms with Gasteiger partial charge in [0.25, 0.3) is 0 Å². The average molecular weight is 206 g/mol. The van der Waals surface area contributed by atoms with Crippen LogP contribution < -0.4 is 4.74 Å². The number of ether oxygens (including phenoxy) is 1. The van der Waals surface area contributed by atoms with Crippen LogP contribution in [0, 0.1) is 13.8 Å². The first-order valence-corrected chi connectivity index (χ1v) is 4.61. The van der Waals surface area contributed by atoms with Gasteiger partial charge in [-0.1, -0.05) is 6.07 Å². The molecule has 0 fully saturated rings. The van der Waals surface area contributed by atoms with E-state index in [-0.39, 0.29) is 0 Å². The predicted octanol–water partition coefficient (Wildman–Crippen LogP) is 2.41. The molecule has 0 aromatic heterocycles. The molecule has 1 N–H and O–H groups in total. The van der Waals surface area contributed by atoms with Crippen LogP contribution in [0.25, 0.3) is 6.08 Å². The number of rotatable bonds is 3. The average Bonchev–Trinajstić information content (AvgIpc) is 2.17. The monoisotopic (exact) mass is 206 g/mol. The molecule has 0 unspecified atom stereocenters. The number of aryl methyl sites for hydroxylation is 1. The summed E-state index contributed by atoms with van der Waals surface area (Å²) in [5.41, 5.74) is 2.89. The molecule has 0 aliphatic rings. The molecule has 0 bridgehead atoms. The van der Waals surface area contributed by atoms with Crippen LogP contribution >= 0.6 is 0 Å². The summed E-state index contributed by atoms with van der Waals surface area (Å²) in [5.74, 6) is -0.178. The fourth-order valence-electron chi connectivity index (χ4n) is 1.48. The highest BCUT2D eigenvalue weighted by atomic mass is 16.5. The van der Waals surface area contributed by atoms with Gasteiger partial charge in [0.2, 0.25) is 0 Å². The highest BCUT2D eigenvalue weighted by molar-refractivity contribution is 5.86. The first-order chi connectivity index (χ1) is 7.06. The summed E-state index contributed by atoms with van der Waals surface area (Å²) in [6.07, 6.45) is 2.73. The predicted molar refractivity (Wildman–Crippen MR) is 59.1 cm³/mol. The summed E-state index contributed by atoms with van der Waals surface area (Å²) in [6, 6.07) is 3.79. The highest BCUT2D eigenvalue weighted by Gasteiger charge is 2.05. The van der Waals surface area contributed by atoms with E-state index in [0.29, 0.717) is 0 Å². The first kappa shape index (κ1) is 11.3. The number of hydrogen-bond acceptors (Lipinski definition) is 2. The minimum atomic E-state index is -0.948. The molecule has 0 atom stereocenters. The Balaban J connectivity index is 3.21. The van der Waals surface area contributed by atoms with E-state index >= 15 is 0 Å². The smallest absolute Gasteiger partial charge is 0.328 e. The standard InChI is InChI=1S/C12H14O3/c1-8-4-6-11(15-3)9(2)10(8)5-7-12(13)14/h4-7H,1-3H3,(H,13,14)/b7-5+. The second-order valence-corrected chi connectivity index (χ2v) is 3.29. The quantitative estimate of drug-likeness (QED) is 0.772. The maximum Gasteiger partial charge on any atom is 0.328 e. The maximum absolute atomic E-state index is 10.4. The Morgan fingerprint density at radius 2 is 2.07 bits per heavy atom. The molecule has 80 valence electrons. The molecule has 0 heterocycles. The Kier molecular flexibility index (Phi) is 3.50. The summed E-state index contributed by atoms with van der Waals surface area (Å²) in [7, 11) is 1.60. The Morgan fingerprint density at radius 1 is 1.40 bits per heavy atom. The fourth-order valence-corrected chi connectivity index (χ4v) is 1.48. The molecule has 1 aromatic rings. The third-order valence-corrected chi connectivity index (χ3v) is 2.30. The van der Waals surface area contributed by atoms with E-state index in [0.717, 1.165) is 28.5 Å². The third-order valence-electron chi connectivity index (χ3n) is 2.30. The van der Waals surface area contributed by atoms with Crippen molar-refractivity contribution in [3.05, 3.63) is 34.9 Å². The Bertz CT molecular complexity index is 406. The lowest BCUT2D eigenvalue weighted by Crippen LogP contribution is -1.93. The van der Waals surface area contributed by atoms with Crippen molar-refractivity contribution in [3.63, 3.8) is 0 Å². The summed E-state index contributed by atoms with van der Waals surface area (Å²) in [6.45, 7) is 3.85. The van der Waals surface area contributed by atoms with E-state index in [1.807, 2.05) is 26.0 Å². The van der Waals surface area contributed by atoms with Crippen LogP contribution in [0.1, 0.15) is 16.7 Å². The summed E-state index contributed by atoms with van der Waals surface area (Å²) in [5, 5.41) is 8.57. The molecule has 0 radical (unpaired) electrons. The van der Waals surface area contributed by atoms with E-state index < -0.39 is 5.97 Å². The van der Waals surface area contributed by atoms with Crippen molar-refractivity contribution >= 4 is 12.0 Å². The molecule has 0 amide bonds. The van der Waals surface area contributed by atoms with Gasteiger partial charge in [-0.2, -0.15) is 0 Å². The van der Waals surface area contributed by atoms with Crippen molar-refractivity contribution in [2.45, 2.75) is 13.8 Å². The van der Waals surface area contributed by atoms with Gasteiger partial charge in [-0.05, 0) is 42.7 Å². The van der Waals surface area contributed by atoms with Crippen LogP contribution in [0.4, 0.5) is 0 Å². The molecule has 1 rings (SSSR count). The van der Waals surface area contributed by atoms with Crippen molar-refractivity contribution < 1.29 is 14.6 Å². The van der Waals surface area contributed by atoms with Crippen LogP contribution in [0.2, 0.25) is 0 Å². The number of carboxylic acid groups (broad SMARTS) is 1. The van der Waals surface area contributed by atoms with E-state index in [1.54, 1.807) is 13.2 Å². The third kappa shape index (κ3) is 2.59. The number of hydrogen-bond donors (Lipinski definition) is 1. The lowest BCUT2D eigenvalue weighted by atomic mass is 10.0. The van der Waals surface area contributed by atoms with Gasteiger partial charge < -0.3 is 9.84 Å². The van der Waals surface area contributed by atoms with Gasteiger partial charge in [-0.15, -0.1) is 0 Å². The minimum absolute atomic E-state index is 0.769. The summed E-state index contributed by atoms with van der Waals surface area (Å²) >= 11 is 0. The van der Waals surface area contributed by atoms with Gasteiger partial charge in [-0.3, -0.25) is 0 Å². The van der Waals surface area contributed by atoms with E-state index in [1.165, 1.54) is 0 Å². The lowest BCUT2D eigenvalue weighted by Gasteiger charge is -2.09. The second kappa shape index (κ2) is 4.64. The van der Waals surface area contributed by atoms with Crippen molar-refractivity contribution in [2.24, 2.45) is 0 Å². The van der Waals surface area contributed by atoms with Crippen LogP contribution in [0.15, 0.2) is 18.2 Å². The maximum atomic E-state index is 10.4. The van der Waals surface area contributed by atoms with Crippen molar-refractivity contribution in [3.8, 4) is 5.75 Å². The number of carboxylic acids is 1. The highest BCUT2D eigenvalue weighted by Crippen LogP contribution is 2.25. The Labute approximate surface area is 89.0 Å². The van der Waals surface area contributed by atoms with Crippen LogP contribution in [-0.4, -0.2) is 18.2 Å². The zero-order valence-corrected chi connectivity index (χ0v) is 9.07. The molecule has 0 aliphatic carbocycles. The minimum Gasteiger partial charge on any atom is -0.496 e. The van der Waals surface area contributed by atoms with Gasteiger partial charge in [0.05, 0.1) is 7.11 Å². The SMILES string of the molecule is COc1ccc(C)c(/C=C/C(=O)O)c1C. The molecule has 0 spiro atoms. The molecule has 1 aromatic carbocycles. The molecule has 0 saturated carbocycles. The lowest BCUT2D eigenvalue weighted by molar-refractivity contribution is -0.131. The van der Waals surface area contributed by atoms with Crippen LogP contribution in [0.5, 0.6) is 5.75 Å². The second-order valence-electron chi connectivity index (χ2n) is 3.29. The zero-order chi connectivity index (χ0) is 11.4. The van der Waals surface area contributed by atoms with Gasteiger partial charge in [-0.25, -0.2) is 4.79 Å². The van der Waals surface area contributed by atoms with Gasteiger partial charge >= 0.3 is 5.97 Å². The molecule has 0 aliphatic heterocycles. The van der Waals surface area contributed by atoms with Crippen LogP contribution in [0.3, 0.4) is 0 Å². The van der Waals surface area contributed by atoms with Gasteiger partial charge in [0.15, 0.2) is 0 Å². The molecule has 3 heteroatoms. The molecule has 0 saturated heterocycles. The molecular formula is C12H14O3. The first-order valence-electron chi connectivity index (χ1n) is 4.61. The zero-order valence-electron chi connectivity index (χ0n) is 9.07. The molecule has 3 nitrogen and oxygen atoms in total. The van der Waals surface area contributed by atoms with E-state index in [9.17, 15) is 4.79 Å². The largest absolute Gasteiger partial charge is 0.496 e. The topological polar surface area (TPSA) is 46.5 Å². The van der Waals surface area contributed by atoms with E-state index in [2.05, 4.69) is 0 Å². The Morgan fingerprint density at radius 3 is 2.60 bits per heavy atom. The van der Waals surface area contributed by atoms with Gasteiger partial charge in [0, 0.05) is 6.08 Å². The van der Waals surface area contributed by atoms with E-state index in [4.69, 9.17) is 9.84 Å². The summed E-state index contributed by atoms with van der Waals surface area (Å²) < 4.78 is 5.17. The number of aliphatic carboxylic acids is 1. The van der Waals surface area contributed by atoms with Crippen molar-refractivity contribution in [1.29, 1.82) is 0 Å². The summed E-state index contributed by atoms with van der Waals surface area (Å²) in [4.78, 5) is 10.4. The van der Waals surface area contributed by atoms with Crippen LogP contribution in [-0.2, 0) is 4.79 Å². The number of benzene rings is 1. The number of methoxy groups -OCH3 is 1. The molecule has 15 heavy (non-hydrogen) atoms.